The third-order valence-electron chi connectivity index (χ3n) is 6.83. The maximum Gasteiger partial charge on any atom is 0.330 e. The number of nitrogens with one attached hydrogen (secondary N) is 2. The number of carbonyl (C=O) groups is 2. The van der Waals surface area contributed by atoms with Crippen LogP contribution in [0.25, 0.3) is 10.4 Å². The van der Waals surface area contributed by atoms with Crippen molar-refractivity contribution in [1.82, 2.24) is 19.1 Å². The van der Waals surface area contributed by atoms with E-state index in [9.17, 15) is 33.2 Å². The van der Waals surface area contributed by atoms with Gasteiger partial charge in [-0.3, -0.25) is 38.3 Å². The maximum absolute atomic E-state index is 14.5. The van der Waals surface area contributed by atoms with Gasteiger partial charge in [0.15, 0.2) is 0 Å². The number of aryl methyl sites for hydroxylation is 2. The molecule has 2 aromatic rings. The third kappa shape index (κ3) is 7.02. The minimum Gasteiger partial charge on any atom is -0.463 e. The van der Waals surface area contributed by atoms with Gasteiger partial charge in [-0.2, -0.15) is 0 Å². The Kier molecular flexibility index (Phi) is 9.39. The SMILES string of the molecule is Cc1cn([C@H]2C[C@H](N=[N+]=[N-])[C@@H](COC(=O)CCC(=O)OC[C@H]3O[C@@H](n4cc(C)c(=O)[nH]c4=O)C[C@@H]3F)O2)c(=O)[nH]c1=O. The average Bonchev–Trinajstić information content (AvgIpc) is 3.52. The Hall–Kier alpha value is -4.54. The average molecular weight is 594 g/mol. The van der Waals surface area contributed by atoms with Crippen LogP contribution in [0.2, 0.25) is 0 Å². The summed E-state index contributed by atoms with van der Waals surface area (Å²) < 4.78 is 38.1. The summed E-state index contributed by atoms with van der Waals surface area (Å²) in [6.45, 7) is 2.19. The second kappa shape index (κ2) is 13.0. The minimum atomic E-state index is -1.55. The quantitative estimate of drug-likeness (QED) is 0.164. The summed E-state index contributed by atoms with van der Waals surface area (Å²) in [6.07, 6.45) is -3.79. The Morgan fingerprint density at radius 3 is 1.93 bits per heavy atom. The molecule has 226 valence electrons. The summed E-state index contributed by atoms with van der Waals surface area (Å²) in [7, 11) is 0. The maximum atomic E-state index is 14.5. The summed E-state index contributed by atoms with van der Waals surface area (Å²) in [5.74, 6) is -1.61. The number of esters is 2. The van der Waals surface area contributed by atoms with Gasteiger partial charge < -0.3 is 18.9 Å². The molecule has 2 fully saturated rings. The van der Waals surface area contributed by atoms with Crippen LogP contribution >= 0.6 is 0 Å². The molecule has 2 N–H and O–H groups in total. The number of hydrogen-bond acceptors (Lipinski definition) is 11. The van der Waals surface area contributed by atoms with E-state index in [4.69, 9.17) is 24.5 Å². The summed E-state index contributed by atoms with van der Waals surface area (Å²) in [4.78, 5) is 78.8. The first kappa shape index (κ1) is 30.4. The highest BCUT2D eigenvalue weighted by Crippen LogP contribution is 2.31. The van der Waals surface area contributed by atoms with Crippen molar-refractivity contribution in [2.75, 3.05) is 13.2 Å². The van der Waals surface area contributed by atoms with Crippen LogP contribution in [-0.4, -0.2) is 68.7 Å². The number of alkyl halides is 1. The first-order valence-electron chi connectivity index (χ1n) is 12.9. The number of azide groups is 1. The normalized spacial score (nSPS) is 25.1. The molecule has 2 aliphatic heterocycles. The van der Waals surface area contributed by atoms with Gasteiger partial charge in [-0.15, -0.1) is 0 Å². The van der Waals surface area contributed by atoms with Crippen molar-refractivity contribution in [2.45, 2.75) is 76.4 Å². The molecule has 2 saturated heterocycles. The van der Waals surface area contributed by atoms with Gasteiger partial charge in [0.2, 0.25) is 0 Å². The van der Waals surface area contributed by atoms with Gasteiger partial charge >= 0.3 is 23.3 Å². The van der Waals surface area contributed by atoms with E-state index in [1.807, 2.05) is 0 Å². The molecule has 42 heavy (non-hydrogen) atoms. The largest absolute Gasteiger partial charge is 0.463 e. The zero-order valence-corrected chi connectivity index (χ0v) is 22.6. The molecular weight excluding hydrogens is 565 g/mol. The smallest absolute Gasteiger partial charge is 0.330 e. The lowest BCUT2D eigenvalue weighted by Crippen LogP contribution is -2.33. The van der Waals surface area contributed by atoms with Crippen molar-refractivity contribution < 1.29 is 32.9 Å². The van der Waals surface area contributed by atoms with E-state index in [1.54, 1.807) is 0 Å². The van der Waals surface area contributed by atoms with E-state index < -0.39 is 77.9 Å². The zero-order chi connectivity index (χ0) is 30.6. The molecule has 2 aromatic heterocycles. The second-order valence-electron chi connectivity index (χ2n) is 9.84. The molecule has 6 atom stereocenters. The lowest BCUT2D eigenvalue weighted by Gasteiger charge is -2.17. The fraction of sp³-hybridized carbons (Fsp3) is 0.583. The van der Waals surface area contributed by atoms with Gasteiger partial charge in [-0.1, -0.05) is 5.11 Å². The second-order valence-corrected chi connectivity index (χ2v) is 9.84. The molecule has 18 heteroatoms. The number of carbonyl (C=O) groups excluding carboxylic acids is 2. The highest BCUT2D eigenvalue weighted by molar-refractivity contribution is 5.77. The molecule has 0 bridgehead atoms. The lowest BCUT2D eigenvalue weighted by atomic mass is 10.1. The molecule has 4 heterocycles. The van der Waals surface area contributed by atoms with Crippen LogP contribution in [-0.2, 0) is 28.5 Å². The van der Waals surface area contributed by atoms with Crippen molar-refractivity contribution >= 4 is 11.9 Å². The van der Waals surface area contributed by atoms with Crippen molar-refractivity contribution in [2.24, 2.45) is 5.11 Å². The summed E-state index contributed by atoms with van der Waals surface area (Å²) >= 11 is 0. The number of hydrogen-bond donors (Lipinski definition) is 2. The van der Waals surface area contributed by atoms with Crippen molar-refractivity contribution in [3.05, 3.63) is 75.6 Å². The van der Waals surface area contributed by atoms with E-state index in [2.05, 4.69) is 20.0 Å². The van der Waals surface area contributed by atoms with Crippen LogP contribution in [0.15, 0.2) is 36.7 Å². The van der Waals surface area contributed by atoms with Gasteiger partial charge in [0, 0.05) is 41.3 Å². The highest BCUT2D eigenvalue weighted by atomic mass is 19.1. The predicted molar refractivity (Wildman–Crippen MR) is 138 cm³/mol. The van der Waals surface area contributed by atoms with E-state index >= 15 is 0 Å². The number of nitrogens with zero attached hydrogens (tertiary/aromatic N) is 5. The van der Waals surface area contributed by atoms with Gasteiger partial charge in [0.1, 0.15) is 44.0 Å². The number of ether oxygens (including phenoxy) is 4. The number of rotatable bonds is 10. The van der Waals surface area contributed by atoms with Crippen molar-refractivity contribution in [1.29, 1.82) is 0 Å². The van der Waals surface area contributed by atoms with Gasteiger partial charge in [-0.05, 0) is 19.4 Å². The van der Waals surface area contributed by atoms with E-state index in [0.717, 1.165) is 9.13 Å². The molecular formula is C24H28FN7O10. The van der Waals surface area contributed by atoms with Gasteiger partial charge in [-0.25, -0.2) is 14.0 Å². The van der Waals surface area contributed by atoms with Crippen LogP contribution in [0, 0.1) is 13.8 Å². The summed E-state index contributed by atoms with van der Waals surface area (Å²) in [6, 6.07) is -0.781. The Balaban J connectivity index is 1.23. The molecule has 0 amide bonds. The minimum absolute atomic E-state index is 0.0834. The first-order chi connectivity index (χ1) is 20.0. The van der Waals surface area contributed by atoms with Crippen molar-refractivity contribution in [3.63, 3.8) is 0 Å². The standard InChI is InChI=1S/C24H28FN7O10/c1-11-7-31(23(37)27-21(11)35)17-5-13(25)15(41-17)9-39-19(33)3-4-20(34)40-10-16-14(29-30-26)6-18(42-16)32-8-12(2)22(36)28-24(32)38/h7-8,13-18H,3-6,9-10H2,1-2H3,(H,27,35,37)(H,28,36,38)/t13-,14-,15+,16+,17+,18+/m0/s1. The molecule has 0 aromatic carbocycles. The lowest BCUT2D eigenvalue weighted by molar-refractivity contribution is -0.155. The van der Waals surface area contributed by atoms with Gasteiger partial charge in [0.05, 0.1) is 18.9 Å². The Bertz CT molecular complexity index is 1620. The predicted octanol–water partition coefficient (Wildman–Crippen LogP) is 0.162. The molecule has 17 nitrogen and oxygen atoms in total. The van der Waals surface area contributed by atoms with Crippen LogP contribution in [0.5, 0.6) is 0 Å². The number of aromatic nitrogens is 4. The Morgan fingerprint density at radius 2 is 1.40 bits per heavy atom. The molecule has 4 rings (SSSR count). The van der Waals surface area contributed by atoms with Crippen LogP contribution in [0.1, 0.15) is 49.3 Å². The van der Waals surface area contributed by atoms with Crippen molar-refractivity contribution in [3.8, 4) is 0 Å². The fourth-order valence-corrected chi connectivity index (χ4v) is 4.53. The molecule has 0 unspecified atom stereocenters. The molecule has 0 radical (unpaired) electrons. The first-order valence-corrected chi connectivity index (χ1v) is 12.9. The molecule has 2 aliphatic rings. The molecule has 0 aliphatic carbocycles. The summed E-state index contributed by atoms with van der Waals surface area (Å²) in [5.41, 5.74) is 6.79. The number of H-pyrrole nitrogens is 2. The Morgan fingerprint density at radius 1 is 0.929 bits per heavy atom. The number of aromatic amines is 2. The molecule has 0 saturated carbocycles. The van der Waals surface area contributed by atoms with E-state index in [-0.39, 0.29) is 43.4 Å². The third-order valence-corrected chi connectivity index (χ3v) is 6.83. The van der Waals surface area contributed by atoms with Gasteiger partial charge in [0.25, 0.3) is 11.1 Å². The molecule has 0 spiro atoms. The highest BCUT2D eigenvalue weighted by Gasteiger charge is 2.39. The van der Waals surface area contributed by atoms with Crippen LogP contribution in [0.4, 0.5) is 4.39 Å². The topological polar surface area (TPSA) is 230 Å². The fourth-order valence-electron chi connectivity index (χ4n) is 4.53. The van der Waals surface area contributed by atoms with E-state index in [1.165, 1.54) is 26.2 Å². The summed E-state index contributed by atoms with van der Waals surface area (Å²) in [5, 5.41) is 3.63. The van der Waals surface area contributed by atoms with Crippen LogP contribution in [0.3, 0.4) is 0 Å². The number of halogens is 1. The monoisotopic (exact) mass is 593 g/mol. The Labute approximate surface area is 234 Å². The van der Waals surface area contributed by atoms with E-state index in [0.29, 0.717) is 0 Å². The van der Waals surface area contributed by atoms with Crippen LogP contribution < -0.4 is 22.5 Å². The zero-order valence-electron chi connectivity index (χ0n) is 22.6.